The van der Waals surface area contributed by atoms with Crippen molar-refractivity contribution in [2.75, 3.05) is 47.1 Å². The van der Waals surface area contributed by atoms with Crippen LogP contribution in [0.2, 0.25) is 0 Å². The van der Waals surface area contributed by atoms with Crippen LogP contribution in [0.1, 0.15) is 11.1 Å². The molecule has 6 rings (SSSR count). The fourth-order valence-corrected chi connectivity index (χ4v) is 5.10. The maximum atomic E-state index is 10.9. The molecule has 3 aromatic rings. The van der Waals surface area contributed by atoms with Crippen LogP contribution in [0.25, 0.3) is 22.0 Å². The highest BCUT2D eigenvalue weighted by atomic mass is 16.7. The summed E-state index contributed by atoms with van der Waals surface area (Å²) in [6.07, 6.45) is 2.98. The van der Waals surface area contributed by atoms with Gasteiger partial charge in [0.1, 0.15) is 0 Å². The summed E-state index contributed by atoms with van der Waals surface area (Å²) in [4.78, 5) is 4.84. The molecule has 0 saturated carbocycles. The van der Waals surface area contributed by atoms with E-state index in [9.17, 15) is 5.11 Å². The number of hydrogen-bond donors (Lipinski definition) is 1. The highest BCUT2D eigenvalue weighted by molar-refractivity contribution is 5.94. The molecule has 32 heavy (non-hydrogen) atoms. The number of fused-ring (bicyclic) bond motifs is 5. The van der Waals surface area contributed by atoms with Gasteiger partial charge in [0.15, 0.2) is 35.7 Å². The van der Waals surface area contributed by atoms with E-state index >= 15 is 0 Å². The topological polar surface area (TPSA) is 58.3 Å². The Morgan fingerprint density at radius 2 is 1.81 bits per heavy atom. The lowest BCUT2D eigenvalue weighted by Crippen LogP contribution is -2.44. The number of rotatable bonds is 3. The number of likely N-dealkylation sites (N-methyl/N-ethyl adjacent to an activating group) is 1. The van der Waals surface area contributed by atoms with Gasteiger partial charge >= 0.3 is 0 Å². The van der Waals surface area contributed by atoms with E-state index in [0.29, 0.717) is 5.75 Å². The SMILES string of the molecule is COc1cc(CN2CCN(C)CC2)c2cc3[n+](cc2c1O)CCc1cc2c(cc1-3)OCO2. The number of benzene rings is 2. The van der Waals surface area contributed by atoms with Crippen molar-refractivity contribution in [2.24, 2.45) is 0 Å². The minimum Gasteiger partial charge on any atom is -0.504 e. The van der Waals surface area contributed by atoms with Crippen LogP contribution >= 0.6 is 0 Å². The van der Waals surface area contributed by atoms with E-state index in [0.717, 1.165) is 73.7 Å². The monoisotopic (exact) mass is 434 g/mol. The minimum absolute atomic E-state index is 0.205. The number of methoxy groups -OCH3 is 1. The number of hydrogen-bond acceptors (Lipinski definition) is 6. The average molecular weight is 435 g/mol. The van der Waals surface area contributed by atoms with Crippen LogP contribution in [-0.2, 0) is 19.5 Å². The molecule has 1 saturated heterocycles. The van der Waals surface area contributed by atoms with Gasteiger partial charge in [0, 0.05) is 50.6 Å². The Labute approximate surface area is 187 Å². The number of piperazine rings is 1. The number of phenolic OH excluding ortho intramolecular Hbond substituents is 1. The Hall–Kier alpha value is -3.03. The van der Waals surface area contributed by atoms with E-state index < -0.39 is 0 Å². The minimum atomic E-state index is 0.205. The summed E-state index contributed by atoms with van der Waals surface area (Å²) in [5.74, 6) is 2.36. The van der Waals surface area contributed by atoms with Crippen molar-refractivity contribution in [1.82, 2.24) is 9.80 Å². The highest BCUT2D eigenvalue weighted by Crippen LogP contribution is 2.42. The molecule has 0 amide bonds. The predicted molar refractivity (Wildman–Crippen MR) is 120 cm³/mol. The van der Waals surface area contributed by atoms with E-state index in [-0.39, 0.29) is 12.5 Å². The van der Waals surface area contributed by atoms with Gasteiger partial charge in [-0.3, -0.25) is 4.90 Å². The fraction of sp³-hybridized carbons (Fsp3) is 0.400. The van der Waals surface area contributed by atoms with E-state index in [1.807, 2.05) is 6.07 Å². The maximum absolute atomic E-state index is 10.9. The average Bonchev–Trinajstić information content (AvgIpc) is 3.27. The van der Waals surface area contributed by atoms with Crippen molar-refractivity contribution in [2.45, 2.75) is 19.5 Å². The number of pyridine rings is 1. The molecule has 4 heterocycles. The van der Waals surface area contributed by atoms with Gasteiger partial charge in [-0.25, -0.2) is 0 Å². The number of aryl methyl sites for hydroxylation is 2. The smallest absolute Gasteiger partial charge is 0.231 e. The molecule has 0 aliphatic carbocycles. The molecule has 3 aliphatic rings. The van der Waals surface area contributed by atoms with Crippen molar-refractivity contribution in [3.05, 3.63) is 41.6 Å². The van der Waals surface area contributed by atoms with Gasteiger partial charge < -0.3 is 24.2 Å². The standard InChI is InChI=1S/C25H27N3O4/c1-26-5-7-27(8-6-26)13-17-10-24(30-2)25(29)20-14-28-4-3-16-9-22-23(32-15-31-22)12-19(16)21(28)11-18(17)20/h9-12,14H,3-8,13,15H2,1-2H3/p+1. The third kappa shape index (κ3) is 3.15. The van der Waals surface area contributed by atoms with E-state index in [2.05, 4.69) is 45.8 Å². The van der Waals surface area contributed by atoms with E-state index in [1.165, 1.54) is 16.7 Å². The first-order valence-electron chi connectivity index (χ1n) is 11.2. The van der Waals surface area contributed by atoms with Crippen molar-refractivity contribution in [3.8, 4) is 34.3 Å². The number of aromatic hydroxyl groups is 1. The molecule has 0 radical (unpaired) electrons. The molecule has 0 bridgehead atoms. The molecule has 7 heteroatoms. The Morgan fingerprint density at radius 1 is 1.03 bits per heavy atom. The quantitative estimate of drug-likeness (QED) is 0.640. The van der Waals surface area contributed by atoms with Crippen molar-refractivity contribution < 1.29 is 23.9 Å². The summed E-state index contributed by atoms with van der Waals surface area (Å²) in [6, 6.07) is 8.43. The zero-order valence-corrected chi connectivity index (χ0v) is 18.6. The molecule has 1 aromatic heterocycles. The number of aromatic nitrogens is 1. The highest BCUT2D eigenvalue weighted by Gasteiger charge is 2.29. The van der Waals surface area contributed by atoms with Crippen molar-refractivity contribution in [3.63, 3.8) is 0 Å². The largest absolute Gasteiger partial charge is 0.504 e. The second kappa shape index (κ2) is 7.53. The first-order chi connectivity index (χ1) is 15.6. The molecular weight excluding hydrogens is 406 g/mol. The van der Waals surface area contributed by atoms with Gasteiger partial charge in [0.05, 0.1) is 18.1 Å². The molecule has 1 N–H and O–H groups in total. The van der Waals surface area contributed by atoms with Crippen LogP contribution in [0.5, 0.6) is 23.0 Å². The molecule has 1 fully saturated rings. The summed E-state index contributed by atoms with van der Waals surface area (Å²) < 4.78 is 19.0. The molecular formula is C25H28N3O4+. The summed E-state index contributed by atoms with van der Waals surface area (Å²) in [6.45, 7) is 6.16. The van der Waals surface area contributed by atoms with Crippen LogP contribution < -0.4 is 18.8 Å². The van der Waals surface area contributed by atoms with Crippen LogP contribution in [0.15, 0.2) is 30.5 Å². The molecule has 0 spiro atoms. The fourth-order valence-electron chi connectivity index (χ4n) is 5.10. The van der Waals surface area contributed by atoms with Crippen molar-refractivity contribution in [1.29, 1.82) is 0 Å². The Bertz CT molecular complexity index is 1220. The lowest BCUT2D eigenvalue weighted by Gasteiger charge is -2.32. The van der Waals surface area contributed by atoms with Crippen molar-refractivity contribution >= 4 is 10.8 Å². The molecule has 7 nitrogen and oxygen atoms in total. The first kappa shape index (κ1) is 19.6. The third-order valence-corrected chi connectivity index (χ3v) is 7.01. The van der Waals surface area contributed by atoms with Gasteiger partial charge in [-0.2, -0.15) is 4.57 Å². The Morgan fingerprint density at radius 3 is 2.59 bits per heavy atom. The number of phenols is 1. The summed E-state index contributed by atoms with van der Waals surface area (Å²) in [5, 5.41) is 12.8. The maximum Gasteiger partial charge on any atom is 0.231 e. The van der Waals surface area contributed by atoms with Gasteiger partial charge in [0.25, 0.3) is 0 Å². The molecule has 0 atom stereocenters. The second-order valence-corrected chi connectivity index (χ2v) is 8.96. The van der Waals surface area contributed by atoms with E-state index in [4.69, 9.17) is 14.2 Å². The summed E-state index contributed by atoms with van der Waals surface area (Å²) in [7, 11) is 3.79. The molecule has 3 aliphatic heterocycles. The number of ether oxygens (including phenoxy) is 3. The van der Waals surface area contributed by atoms with Gasteiger partial charge in [0.2, 0.25) is 12.5 Å². The summed E-state index contributed by atoms with van der Waals surface area (Å²) in [5.41, 5.74) is 4.76. The van der Waals surface area contributed by atoms with Crippen LogP contribution in [0.4, 0.5) is 0 Å². The third-order valence-electron chi connectivity index (χ3n) is 7.01. The Balaban J connectivity index is 1.50. The zero-order chi connectivity index (χ0) is 21.8. The normalized spacial score (nSPS) is 17.9. The van der Waals surface area contributed by atoms with Gasteiger partial charge in [-0.15, -0.1) is 0 Å². The molecule has 166 valence electrons. The van der Waals surface area contributed by atoms with Crippen LogP contribution in [-0.4, -0.2) is 62.0 Å². The van der Waals surface area contributed by atoms with Gasteiger partial charge in [-0.05, 0) is 36.4 Å². The number of nitrogens with zero attached hydrogens (tertiary/aromatic N) is 3. The van der Waals surface area contributed by atoms with Crippen LogP contribution in [0.3, 0.4) is 0 Å². The van der Waals surface area contributed by atoms with Crippen LogP contribution in [0, 0.1) is 0 Å². The van der Waals surface area contributed by atoms with E-state index in [1.54, 1.807) is 7.11 Å². The summed E-state index contributed by atoms with van der Waals surface area (Å²) >= 11 is 0. The van der Waals surface area contributed by atoms with Gasteiger partial charge in [-0.1, -0.05) is 0 Å². The zero-order valence-electron chi connectivity index (χ0n) is 18.6. The second-order valence-electron chi connectivity index (χ2n) is 8.96. The lowest BCUT2D eigenvalue weighted by molar-refractivity contribution is -0.686. The predicted octanol–water partition coefficient (Wildman–Crippen LogP) is 2.54. The molecule has 0 unspecified atom stereocenters. The first-order valence-corrected chi connectivity index (χ1v) is 11.2. The lowest BCUT2D eigenvalue weighted by atomic mass is 9.94. The molecule has 2 aromatic carbocycles. The Kier molecular flexibility index (Phi) is 4.62.